The lowest BCUT2D eigenvalue weighted by atomic mass is 9.83. The molecule has 9 heteroatoms. The van der Waals surface area contributed by atoms with E-state index in [9.17, 15) is 9.90 Å². The topological polar surface area (TPSA) is 112 Å². The zero-order chi connectivity index (χ0) is 25.0. The van der Waals surface area contributed by atoms with Crippen LogP contribution in [0.25, 0.3) is 0 Å². The van der Waals surface area contributed by atoms with E-state index in [0.29, 0.717) is 37.1 Å². The third kappa shape index (κ3) is 10.8. The molecule has 0 fully saturated rings. The normalized spacial score (nSPS) is 14.2. The predicted octanol–water partition coefficient (Wildman–Crippen LogP) is 2.97. The summed E-state index contributed by atoms with van der Waals surface area (Å²) in [4.78, 5) is 12.2. The minimum atomic E-state index is -0.956. The van der Waals surface area contributed by atoms with E-state index in [1.165, 1.54) is 7.11 Å². The number of hydrogen-bond donors (Lipinski definition) is 3. The Morgan fingerprint density at radius 1 is 1.15 bits per heavy atom. The Bertz CT molecular complexity index is 717. The molecule has 8 nitrogen and oxygen atoms in total. The van der Waals surface area contributed by atoms with Crippen LogP contribution in [0.3, 0.4) is 0 Å². The van der Waals surface area contributed by atoms with E-state index in [4.69, 9.17) is 24.7 Å². The summed E-state index contributed by atoms with van der Waals surface area (Å²) in [5, 5.41) is 13.2. The highest BCUT2D eigenvalue weighted by molar-refractivity contribution is 5.85. The molecule has 0 spiro atoms. The summed E-state index contributed by atoms with van der Waals surface area (Å²) in [5.41, 5.74) is 6.48. The van der Waals surface area contributed by atoms with Crippen molar-refractivity contribution in [1.82, 2.24) is 5.32 Å². The first-order valence-corrected chi connectivity index (χ1v) is 11.6. The molecule has 3 atom stereocenters. The van der Waals surface area contributed by atoms with E-state index in [1.807, 2.05) is 18.2 Å². The van der Waals surface area contributed by atoms with Gasteiger partial charge in [0.05, 0.1) is 19.8 Å². The lowest BCUT2D eigenvalue weighted by molar-refractivity contribution is -0.140. The van der Waals surface area contributed by atoms with Crippen LogP contribution in [-0.4, -0.2) is 69.8 Å². The third-order valence-corrected chi connectivity index (χ3v) is 6.02. The van der Waals surface area contributed by atoms with Crippen LogP contribution in [0, 0.1) is 11.8 Å². The van der Waals surface area contributed by atoms with Crippen molar-refractivity contribution in [1.29, 1.82) is 0 Å². The molecule has 0 saturated carbocycles. The van der Waals surface area contributed by atoms with Crippen LogP contribution in [0.1, 0.15) is 46.1 Å². The van der Waals surface area contributed by atoms with E-state index in [-0.39, 0.29) is 30.8 Å². The van der Waals surface area contributed by atoms with Gasteiger partial charge in [0.2, 0.25) is 0 Å². The molecule has 0 heterocycles. The Morgan fingerprint density at radius 2 is 1.82 bits per heavy atom. The summed E-state index contributed by atoms with van der Waals surface area (Å²) in [7, 11) is 4.77. The van der Waals surface area contributed by atoms with Crippen molar-refractivity contribution in [3.05, 3.63) is 23.8 Å². The van der Waals surface area contributed by atoms with E-state index in [1.54, 1.807) is 28.1 Å². The van der Waals surface area contributed by atoms with Gasteiger partial charge in [-0.3, -0.25) is 4.79 Å². The third-order valence-electron chi connectivity index (χ3n) is 6.02. The van der Waals surface area contributed by atoms with Gasteiger partial charge in [-0.15, -0.1) is 12.4 Å². The largest absolute Gasteiger partial charge is 0.493 e. The maximum absolute atomic E-state index is 12.2. The number of benzene rings is 1. The first kappa shape index (κ1) is 32.4. The Morgan fingerprint density at radius 3 is 2.38 bits per heavy atom. The molecular formula is C25H45ClN2O6. The van der Waals surface area contributed by atoms with Crippen LogP contribution in [0.5, 0.6) is 11.5 Å². The molecule has 0 saturated heterocycles. The molecule has 34 heavy (non-hydrogen) atoms. The van der Waals surface area contributed by atoms with E-state index in [0.717, 1.165) is 18.4 Å². The summed E-state index contributed by atoms with van der Waals surface area (Å²) in [6.07, 6.45) is 1.36. The van der Waals surface area contributed by atoms with Crippen LogP contribution >= 0.6 is 12.4 Å². The van der Waals surface area contributed by atoms with Gasteiger partial charge in [-0.1, -0.05) is 19.9 Å². The van der Waals surface area contributed by atoms with Crippen molar-refractivity contribution in [3.8, 4) is 11.5 Å². The number of hydrogen-bond acceptors (Lipinski definition) is 7. The molecule has 1 aromatic rings. The van der Waals surface area contributed by atoms with Gasteiger partial charge in [-0.05, 0) is 56.2 Å². The number of halogens is 1. The number of nitrogens with two attached hydrogens (primary N) is 1. The fourth-order valence-corrected chi connectivity index (χ4v) is 3.40. The van der Waals surface area contributed by atoms with E-state index in [2.05, 4.69) is 19.2 Å². The highest BCUT2D eigenvalue weighted by atomic mass is 35.5. The molecule has 0 aliphatic carbocycles. The number of amides is 1. The lowest BCUT2D eigenvalue weighted by Crippen LogP contribution is -2.50. The Balaban J connectivity index is 0.0000109. The van der Waals surface area contributed by atoms with Gasteiger partial charge in [-0.2, -0.15) is 0 Å². The first-order valence-electron chi connectivity index (χ1n) is 11.6. The average Bonchev–Trinajstić information content (AvgIpc) is 2.79. The second kappa shape index (κ2) is 16.2. The molecule has 4 N–H and O–H groups in total. The molecule has 0 aliphatic heterocycles. The van der Waals surface area contributed by atoms with Gasteiger partial charge in [0.1, 0.15) is 5.60 Å². The number of aliphatic hydroxyl groups excluding tert-OH is 1. The zero-order valence-corrected chi connectivity index (χ0v) is 22.6. The molecule has 0 aromatic heterocycles. The van der Waals surface area contributed by atoms with Crippen molar-refractivity contribution in [2.45, 2.75) is 64.7 Å². The average molecular weight is 505 g/mol. The van der Waals surface area contributed by atoms with Gasteiger partial charge in [0.25, 0.3) is 5.91 Å². The molecule has 0 unspecified atom stereocenters. The van der Waals surface area contributed by atoms with E-state index < -0.39 is 17.7 Å². The van der Waals surface area contributed by atoms with Crippen LogP contribution in [0.4, 0.5) is 0 Å². The standard InChI is InChI=1S/C25H44N2O6.ClH/c1-17(2)19(15-20(26)21(28)16-27-24(29)25(3,4)32-7)13-18-9-10-22(31-6)23(14-18)33-12-8-11-30-5;/h9-10,14,17,19-21,28H,8,11-13,15-16,26H2,1-7H3,(H,27,29);1H/t19-,20-,21-;/m0./s1. The van der Waals surface area contributed by atoms with Crippen molar-refractivity contribution >= 4 is 18.3 Å². The SMILES string of the molecule is COCCCOc1cc(C[C@@H](C[C@H](N)[C@@H](O)CNC(=O)C(C)(C)OC)C(C)C)ccc1OC.Cl. The molecule has 1 aromatic carbocycles. The second-order valence-corrected chi connectivity index (χ2v) is 9.28. The number of aliphatic hydroxyl groups is 1. The highest BCUT2D eigenvalue weighted by Gasteiger charge is 2.29. The van der Waals surface area contributed by atoms with Crippen LogP contribution in [0.2, 0.25) is 0 Å². The number of rotatable bonds is 16. The monoisotopic (exact) mass is 504 g/mol. The van der Waals surface area contributed by atoms with Crippen LogP contribution < -0.4 is 20.5 Å². The molecule has 1 rings (SSSR count). The Labute approximate surface area is 211 Å². The summed E-state index contributed by atoms with van der Waals surface area (Å²) < 4.78 is 21.6. The fraction of sp³-hybridized carbons (Fsp3) is 0.720. The van der Waals surface area contributed by atoms with Crippen LogP contribution in [-0.2, 0) is 20.7 Å². The van der Waals surface area contributed by atoms with Gasteiger partial charge < -0.3 is 35.1 Å². The van der Waals surface area contributed by atoms with Crippen molar-refractivity contribution in [3.63, 3.8) is 0 Å². The summed E-state index contributed by atoms with van der Waals surface area (Å²) in [6.45, 7) is 8.92. The number of nitrogens with one attached hydrogen (secondary N) is 1. The summed E-state index contributed by atoms with van der Waals surface area (Å²) in [5.74, 6) is 1.72. The highest BCUT2D eigenvalue weighted by Crippen LogP contribution is 2.31. The number of methoxy groups -OCH3 is 3. The molecule has 0 aliphatic rings. The number of ether oxygens (including phenoxy) is 4. The smallest absolute Gasteiger partial charge is 0.251 e. The summed E-state index contributed by atoms with van der Waals surface area (Å²) >= 11 is 0. The van der Waals surface area contributed by atoms with Crippen molar-refractivity contribution < 1.29 is 28.8 Å². The Hall–Kier alpha value is -1.58. The maximum atomic E-state index is 12.2. The minimum absolute atomic E-state index is 0. The predicted molar refractivity (Wildman–Crippen MR) is 137 cm³/mol. The van der Waals surface area contributed by atoms with Gasteiger partial charge in [0, 0.05) is 39.8 Å². The minimum Gasteiger partial charge on any atom is -0.493 e. The Kier molecular flexibility index (Phi) is 15.4. The van der Waals surface area contributed by atoms with Gasteiger partial charge in [-0.25, -0.2) is 0 Å². The zero-order valence-electron chi connectivity index (χ0n) is 21.8. The lowest BCUT2D eigenvalue weighted by Gasteiger charge is -2.28. The number of carbonyl (C=O) groups excluding carboxylic acids is 1. The molecule has 198 valence electrons. The second-order valence-electron chi connectivity index (χ2n) is 9.28. The molecule has 1 amide bonds. The van der Waals surface area contributed by atoms with Crippen molar-refractivity contribution in [2.75, 3.05) is 41.1 Å². The fourth-order valence-electron chi connectivity index (χ4n) is 3.40. The first-order chi connectivity index (χ1) is 15.5. The van der Waals surface area contributed by atoms with Crippen molar-refractivity contribution in [2.24, 2.45) is 17.6 Å². The quantitative estimate of drug-likeness (QED) is 0.297. The molecule has 0 radical (unpaired) electrons. The molecule has 0 bridgehead atoms. The number of carbonyl (C=O) groups is 1. The van der Waals surface area contributed by atoms with Gasteiger partial charge >= 0.3 is 0 Å². The van der Waals surface area contributed by atoms with Gasteiger partial charge in [0.15, 0.2) is 11.5 Å². The summed E-state index contributed by atoms with van der Waals surface area (Å²) in [6, 6.07) is 5.49. The van der Waals surface area contributed by atoms with E-state index >= 15 is 0 Å². The maximum Gasteiger partial charge on any atom is 0.251 e. The molecular weight excluding hydrogens is 460 g/mol. The van der Waals surface area contributed by atoms with Crippen LogP contribution in [0.15, 0.2) is 18.2 Å².